The van der Waals surface area contributed by atoms with Gasteiger partial charge in [-0.2, -0.15) is 0 Å². The van der Waals surface area contributed by atoms with Crippen molar-refractivity contribution in [2.45, 2.75) is 129 Å². The van der Waals surface area contributed by atoms with E-state index in [0.717, 1.165) is 18.4 Å². The molecule has 2 heterocycles. The second-order valence-electron chi connectivity index (χ2n) is 16.5. The van der Waals surface area contributed by atoms with Crippen molar-refractivity contribution in [2.24, 2.45) is 17.8 Å². The number of hydrogen-bond donors (Lipinski definition) is 3. The van der Waals surface area contributed by atoms with Crippen LogP contribution < -0.4 is 16.0 Å². The first kappa shape index (κ1) is 45.8. The van der Waals surface area contributed by atoms with E-state index < -0.39 is 53.2 Å². The molecule has 2 aliphatic heterocycles. The molecule has 1 aromatic rings. The number of methoxy groups -OCH3 is 2. The van der Waals surface area contributed by atoms with E-state index in [1.54, 1.807) is 35.0 Å². The van der Waals surface area contributed by atoms with E-state index in [1.165, 1.54) is 0 Å². The Balaban J connectivity index is 1.74. The number of amides is 5. The van der Waals surface area contributed by atoms with E-state index in [-0.39, 0.29) is 55.4 Å². The number of likely N-dealkylation sites (N-methyl/N-ethyl adjacent to an activating group) is 1. The van der Waals surface area contributed by atoms with Gasteiger partial charge in [-0.3, -0.25) is 29.4 Å². The molecule has 0 radical (unpaired) electrons. The second-order valence-corrected chi connectivity index (χ2v) is 16.5. The molecule has 2 fully saturated rings. The van der Waals surface area contributed by atoms with Crippen LogP contribution in [0.15, 0.2) is 30.3 Å². The summed E-state index contributed by atoms with van der Waals surface area (Å²) in [4.78, 5) is 71.3. The summed E-state index contributed by atoms with van der Waals surface area (Å²) in [6, 6.07) is 8.50. The maximum atomic E-state index is 14.2. The zero-order chi connectivity index (χ0) is 41.1. The first-order chi connectivity index (χ1) is 25.9. The van der Waals surface area contributed by atoms with Gasteiger partial charge in [0.2, 0.25) is 17.7 Å². The van der Waals surface area contributed by atoms with E-state index in [2.05, 4.69) is 22.9 Å². The fourth-order valence-corrected chi connectivity index (χ4v) is 7.84. The summed E-state index contributed by atoms with van der Waals surface area (Å²) in [7, 11) is 4.97. The lowest BCUT2D eigenvalue weighted by Gasteiger charge is -2.44. The van der Waals surface area contributed by atoms with E-state index in [4.69, 9.17) is 18.9 Å². The molecule has 0 spiro atoms. The molecule has 0 aliphatic carbocycles. The van der Waals surface area contributed by atoms with Gasteiger partial charge in [-0.05, 0) is 64.5 Å². The highest BCUT2D eigenvalue weighted by Crippen LogP contribution is 2.30. The Morgan fingerprint density at radius 2 is 1.65 bits per heavy atom. The third-order valence-electron chi connectivity index (χ3n) is 10.9. The van der Waals surface area contributed by atoms with Gasteiger partial charge in [0.15, 0.2) is 5.54 Å². The van der Waals surface area contributed by atoms with Gasteiger partial charge >= 0.3 is 6.09 Å². The van der Waals surface area contributed by atoms with Crippen molar-refractivity contribution in [1.82, 2.24) is 25.8 Å². The summed E-state index contributed by atoms with van der Waals surface area (Å²) >= 11 is 0. The minimum absolute atomic E-state index is 0.00610. The molecule has 2 aliphatic rings. The van der Waals surface area contributed by atoms with Crippen LogP contribution in [-0.2, 0) is 44.5 Å². The minimum Gasteiger partial charge on any atom is -0.444 e. The van der Waals surface area contributed by atoms with Crippen molar-refractivity contribution in [2.75, 3.05) is 47.6 Å². The third-order valence-corrected chi connectivity index (χ3v) is 10.9. The van der Waals surface area contributed by atoms with Crippen LogP contribution in [0.25, 0.3) is 0 Å². The van der Waals surface area contributed by atoms with E-state index in [0.29, 0.717) is 25.9 Å². The Morgan fingerprint density at radius 3 is 2.18 bits per heavy atom. The number of carbonyl (C=O) groups is 5. The number of nitrogens with zero attached hydrogens (tertiary/aromatic N) is 2. The van der Waals surface area contributed by atoms with Crippen LogP contribution >= 0.6 is 0 Å². The van der Waals surface area contributed by atoms with Crippen LogP contribution in [0.1, 0.15) is 86.6 Å². The Kier molecular flexibility index (Phi) is 17.1. The van der Waals surface area contributed by atoms with Gasteiger partial charge in [-0.15, -0.1) is 0 Å². The van der Waals surface area contributed by atoms with Crippen molar-refractivity contribution in [3.8, 4) is 0 Å². The molecule has 310 valence electrons. The molecule has 3 rings (SSSR count). The molecular weight excluding hydrogens is 706 g/mol. The lowest BCUT2D eigenvalue weighted by Crippen LogP contribution is -2.71. The van der Waals surface area contributed by atoms with Crippen molar-refractivity contribution in [3.05, 3.63) is 35.9 Å². The molecule has 2 saturated heterocycles. The molecule has 1 aromatic carbocycles. The Labute approximate surface area is 328 Å². The Bertz CT molecular complexity index is 1430. The maximum absolute atomic E-state index is 14.2. The summed E-state index contributed by atoms with van der Waals surface area (Å²) in [5.74, 6) is -2.19. The number of likely N-dealkylation sites (tertiary alicyclic amines) is 1. The van der Waals surface area contributed by atoms with Crippen LogP contribution in [0.5, 0.6) is 0 Å². The molecule has 7 atom stereocenters. The average Bonchev–Trinajstić information content (AvgIpc) is 3.58. The average molecular weight is 774 g/mol. The summed E-state index contributed by atoms with van der Waals surface area (Å²) < 4.78 is 22.6. The fourth-order valence-electron chi connectivity index (χ4n) is 7.84. The molecule has 14 nitrogen and oxygen atoms in total. The smallest absolute Gasteiger partial charge is 0.408 e. The Morgan fingerprint density at radius 1 is 1.00 bits per heavy atom. The van der Waals surface area contributed by atoms with Gasteiger partial charge in [0, 0.05) is 33.4 Å². The minimum atomic E-state index is -1.44. The number of ether oxygens (including phenoxy) is 4. The summed E-state index contributed by atoms with van der Waals surface area (Å²) in [6.07, 6.45) is 1.10. The quantitative estimate of drug-likeness (QED) is 0.189. The number of rotatable bonds is 19. The molecular formula is C41H67N5O9. The van der Waals surface area contributed by atoms with Crippen molar-refractivity contribution >= 4 is 29.7 Å². The first-order valence-electron chi connectivity index (χ1n) is 19.7. The zero-order valence-corrected chi connectivity index (χ0v) is 34.9. The van der Waals surface area contributed by atoms with Crippen molar-refractivity contribution in [1.29, 1.82) is 0 Å². The SMILES string of the molecule is CC[C@H](C)[C@@H]([C@@H](CC(=O)N1CCC[C@H]1[C@H](OC)[C@@H](C)C(=O)NCCc1ccccc1)OC)N(C)[C@H](C(=O)NC(=O)C1(NC(=O)OC(C)(C)C)COC1)C(C)C. The number of imide groups is 1. The molecule has 5 amide bonds. The predicted molar refractivity (Wildman–Crippen MR) is 209 cm³/mol. The lowest BCUT2D eigenvalue weighted by atomic mass is 9.87. The molecule has 0 saturated carbocycles. The summed E-state index contributed by atoms with van der Waals surface area (Å²) in [5, 5.41) is 8.18. The van der Waals surface area contributed by atoms with Gasteiger partial charge in [0.05, 0.1) is 49.8 Å². The molecule has 55 heavy (non-hydrogen) atoms. The highest BCUT2D eigenvalue weighted by molar-refractivity contribution is 6.03. The van der Waals surface area contributed by atoms with Gasteiger partial charge < -0.3 is 34.5 Å². The molecule has 14 heteroatoms. The van der Waals surface area contributed by atoms with E-state index >= 15 is 0 Å². The maximum Gasteiger partial charge on any atom is 0.408 e. The number of hydrogen-bond acceptors (Lipinski definition) is 10. The summed E-state index contributed by atoms with van der Waals surface area (Å²) in [5.41, 5.74) is -1.09. The standard InChI is InChI=1S/C41H67N5O9/c1-12-27(4)34(45(9)33(26(2)3)37(49)43-38(50)41(24-54-25-41)44-39(51)55-40(6,7)8)31(52-10)23-32(47)46-22-16-19-30(46)35(53-11)28(5)36(48)42-21-20-29-17-14-13-15-18-29/h13-15,17-18,26-28,30-31,33-35H,12,16,19-25H2,1-11H3,(H,42,48)(H,44,51)(H,43,49,50)/t27-,28+,30-,31+,33-,34-,35+/m0/s1. The molecule has 0 unspecified atom stereocenters. The van der Waals surface area contributed by atoms with Gasteiger partial charge in [-0.1, -0.05) is 71.4 Å². The molecule has 0 bridgehead atoms. The normalized spacial score (nSPS) is 20.1. The Hall–Kier alpha value is -3.59. The van der Waals surface area contributed by atoms with Crippen molar-refractivity contribution in [3.63, 3.8) is 0 Å². The third kappa shape index (κ3) is 12.2. The summed E-state index contributed by atoms with van der Waals surface area (Å²) in [6.45, 7) is 15.7. The van der Waals surface area contributed by atoms with Gasteiger partial charge in [-0.25, -0.2) is 4.79 Å². The second kappa shape index (κ2) is 20.5. The van der Waals surface area contributed by atoms with Crippen molar-refractivity contribution < 1.29 is 42.9 Å². The zero-order valence-electron chi connectivity index (χ0n) is 34.9. The largest absolute Gasteiger partial charge is 0.444 e. The van der Waals surface area contributed by atoms with Crippen LogP contribution in [-0.4, -0.2) is 129 Å². The van der Waals surface area contributed by atoms with Gasteiger partial charge in [0.1, 0.15) is 5.60 Å². The first-order valence-corrected chi connectivity index (χ1v) is 19.7. The molecule has 0 aromatic heterocycles. The number of alkyl carbamates (subject to hydrolysis) is 1. The highest BCUT2D eigenvalue weighted by atomic mass is 16.6. The fraction of sp³-hybridized carbons (Fsp3) is 0.732. The van der Waals surface area contributed by atoms with Crippen LogP contribution in [0, 0.1) is 17.8 Å². The van der Waals surface area contributed by atoms with Crippen LogP contribution in [0.3, 0.4) is 0 Å². The monoisotopic (exact) mass is 773 g/mol. The topological polar surface area (TPSA) is 165 Å². The number of carbonyl (C=O) groups excluding carboxylic acids is 5. The predicted octanol–water partition coefficient (Wildman–Crippen LogP) is 3.70. The highest BCUT2D eigenvalue weighted by Gasteiger charge is 2.50. The van der Waals surface area contributed by atoms with Crippen LogP contribution in [0.4, 0.5) is 4.79 Å². The number of nitrogens with one attached hydrogen (secondary N) is 3. The van der Waals surface area contributed by atoms with Gasteiger partial charge in [0.25, 0.3) is 5.91 Å². The van der Waals surface area contributed by atoms with E-state index in [1.807, 2.05) is 74.9 Å². The van der Waals surface area contributed by atoms with E-state index in [9.17, 15) is 24.0 Å². The van der Waals surface area contributed by atoms with Crippen LogP contribution in [0.2, 0.25) is 0 Å². The lowest BCUT2D eigenvalue weighted by molar-refractivity contribution is -0.152. The number of benzene rings is 1. The molecule has 3 N–H and O–H groups in total.